The minimum Gasteiger partial charge on any atom is -0.493 e. The van der Waals surface area contributed by atoms with Crippen molar-refractivity contribution >= 4 is 5.91 Å². The van der Waals surface area contributed by atoms with Crippen molar-refractivity contribution in [3.05, 3.63) is 62.4 Å². The first-order chi connectivity index (χ1) is 12.0. The fourth-order valence-electron chi connectivity index (χ4n) is 2.97. The van der Waals surface area contributed by atoms with Crippen LogP contribution in [-0.2, 0) is 0 Å². The molecule has 2 aromatic rings. The molecule has 2 heterocycles. The molecule has 0 bridgehead atoms. The van der Waals surface area contributed by atoms with E-state index in [0.29, 0.717) is 19.7 Å². The molecule has 2 N–H and O–H groups in total. The quantitative estimate of drug-likeness (QED) is 0.875. The molecule has 0 radical (unpaired) electrons. The fourth-order valence-corrected chi connectivity index (χ4v) is 2.97. The number of likely N-dealkylation sites (tertiary alicyclic amines) is 1. The zero-order chi connectivity index (χ0) is 17.8. The van der Waals surface area contributed by atoms with E-state index in [0.717, 1.165) is 18.6 Å². The molecule has 1 atom stereocenters. The number of ether oxygens (including phenoxy) is 1. The van der Waals surface area contributed by atoms with Crippen LogP contribution in [0.3, 0.4) is 0 Å². The van der Waals surface area contributed by atoms with Gasteiger partial charge in [-0.3, -0.25) is 14.6 Å². The molecule has 1 aliphatic heterocycles. The Kier molecular flexibility index (Phi) is 5.02. The van der Waals surface area contributed by atoms with Gasteiger partial charge in [0, 0.05) is 25.2 Å². The zero-order valence-corrected chi connectivity index (χ0v) is 14.1. The average molecular weight is 343 g/mol. The number of carbonyl (C=O) groups excluding carboxylic acids is 1. The van der Waals surface area contributed by atoms with E-state index >= 15 is 0 Å². The molecule has 7 nitrogen and oxygen atoms in total. The van der Waals surface area contributed by atoms with Gasteiger partial charge in [-0.25, -0.2) is 4.79 Å². The number of hydrogen-bond donors (Lipinski definition) is 2. The van der Waals surface area contributed by atoms with Crippen molar-refractivity contribution in [1.29, 1.82) is 0 Å². The lowest BCUT2D eigenvalue weighted by atomic mass is 9.98. The summed E-state index contributed by atoms with van der Waals surface area (Å²) >= 11 is 0. The largest absolute Gasteiger partial charge is 0.493 e. The number of piperidine rings is 1. The van der Waals surface area contributed by atoms with Crippen molar-refractivity contribution in [3.63, 3.8) is 0 Å². The van der Waals surface area contributed by atoms with E-state index in [4.69, 9.17) is 4.74 Å². The van der Waals surface area contributed by atoms with Crippen LogP contribution in [0.25, 0.3) is 0 Å². The Hall–Kier alpha value is -2.83. The van der Waals surface area contributed by atoms with Crippen LogP contribution in [0, 0.1) is 12.8 Å². The summed E-state index contributed by atoms with van der Waals surface area (Å²) in [7, 11) is 0. The maximum absolute atomic E-state index is 12.5. The Morgan fingerprint density at radius 1 is 1.28 bits per heavy atom. The van der Waals surface area contributed by atoms with E-state index in [1.54, 1.807) is 4.90 Å². The Balaban J connectivity index is 1.62. The van der Waals surface area contributed by atoms with Gasteiger partial charge in [0.15, 0.2) is 0 Å². The van der Waals surface area contributed by atoms with Crippen molar-refractivity contribution in [2.24, 2.45) is 5.92 Å². The molecule has 0 saturated carbocycles. The maximum Gasteiger partial charge on any atom is 0.325 e. The van der Waals surface area contributed by atoms with Crippen LogP contribution in [0.4, 0.5) is 0 Å². The zero-order valence-electron chi connectivity index (χ0n) is 14.1. The minimum absolute atomic E-state index is 0.0419. The highest BCUT2D eigenvalue weighted by molar-refractivity contribution is 5.93. The molecule has 0 unspecified atom stereocenters. The van der Waals surface area contributed by atoms with Crippen molar-refractivity contribution in [2.45, 2.75) is 19.8 Å². The van der Waals surface area contributed by atoms with E-state index in [1.807, 2.05) is 31.2 Å². The number of aromatic nitrogens is 2. The number of aromatic amines is 2. The third-order valence-corrected chi connectivity index (χ3v) is 4.36. The van der Waals surface area contributed by atoms with Gasteiger partial charge in [-0.2, -0.15) is 0 Å². The second-order valence-corrected chi connectivity index (χ2v) is 6.37. The summed E-state index contributed by atoms with van der Waals surface area (Å²) in [6.07, 6.45) is 3.00. The Morgan fingerprint density at radius 3 is 2.76 bits per heavy atom. The summed E-state index contributed by atoms with van der Waals surface area (Å²) < 4.78 is 5.82. The fraction of sp³-hybridized carbons (Fsp3) is 0.389. The molecule has 1 aromatic heterocycles. The Labute approximate surface area is 144 Å². The topological polar surface area (TPSA) is 95.3 Å². The highest BCUT2D eigenvalue weighted by Gasteiger charge is 2.26. The third-order valence-electron chi connectivity index (χ3n) is 4.36. The number of hydrogen-bond acceptors (Lipinski definition) is 4. The van der Waals surface area contributed by atoms with Gasteiger partial charge in [-0.15, -0.1) is 0 Å². The second kappa shape index (κ2) is 7.38. The SMILES string of the molecule is Cc1ccc(OC[C@@H]2CCCN(C(=O)c3c[nH]c(=O)[nH]c3=O)C2)cc1. The van der Waals surface area contributed by atoms with Gasteiger partial charge in [0.05, 0.1) is 6.61 Å². The average Bonchev–Trinajstić information content (AvgIpc) is 2.61. The van der Waals surface area contributed by atoms with Crippen LogP contribution in [0.5, 0.6) is 5.75 Å². The highest BCUT2D eigenvalue weighted by atomic mass is 16.5. The third kappa shape index (κ3) is 4.17. The molecule has 1 amide bonds. The molecule has 1 fully saturated rings. The van der Waals surface area contributed by atoms with Gasteiger partial charge in [-0.1, -0.05) is 17.7 Å². The van der Waals surface area contributed by atoms with Crippen LogP contribution in [0.15, 0.2) is 40.1 Å². The van der Waals surface area contributed by atoms with Crippen molar-refractivity contribution < 1.29 is 9.53 Å². The summed E-state index contributed by atoms with van der Waals surface area (Å²) in [6.45, 7) is 3.67. The van der Waals surface area contributed by atoms with Crippen molar-refractivity contribution in [1.82, 2.24) is 14.9 Å². The number of H-pyrrole nitrogens is 2. The first kappa shape index (κ1) is 17.0. The van der Waals surface area contributed by atoms with Gasteiger partial charge in [-0.05, 0) is 31.9 Å². The lowest BCUT2D eigenvalue weighted by molar-refractivity contribution is 0.0631. The number of nitrogens with zero attached hydrogens (tertiary/aromatic N) is 1. The Bertz CT molecular complexity index is 854. The molecule has 0 spiro atoms. The van der Waals surface area contributed by atoms with E-state index < -0.39 is 11.2 Å². The molecule has 1 aliphatic rings. The number of nitrogens with one attached hydrogen (secondary N) is 2. The van der Waals surface area contributed by atoms with Gasteiger partial charge >= 0.3 is 5.69 Å². The molecule has 3 rings (SSSR count). The monoisotopic (exact) mass is 343 g/mol. The van der Waals surface area contributed by atoms with Crippen LogP contribution in [0.2, 0.25) is 0 Å². The summed E-state index contributed by atoms with van der Waals surface area (Å²) in [5, 5.41) is 0. The predicted molar refractivity (Wildman–Crippen MR) is 93.0 cm³/mol. The van der Waals surface area contributed by atoms with Gasteiger partial charge < -0.3 is 14.6 Å². The number of rotatable bonds is 4. The summed E-state index contributed by atoms with van der Waals surface area (Å²) in [6, 6.07) is 7.85. The molecular weight excluding hydrogens is 322 g/mol. The first-order valence-corrected chi connectivity index (χ1v) is 8.33. The number of benzene rings is 1. The van der Waals surface area contributed by atoms with E-state index in [9.17, 15) is 14.4 Å². The molecule has 1 saturated heterocycles. The van der Waals surface area contributed by atoms with E-state index in [2.05, 4.69) is 9.97 Å². The smallest absolute Gasteiger partial charge is 0.325 e. The van der Waals surface area contributed by atoms with Gasteiger partial charge in [0.25, 0.3) is 11.5 Å². The van der Waals surface area contributed by atoms with E-state index in [1.165, 1.54) is 11.8 Å². The minimum atomic E-state index is -0.660. The molecule has 25 heavy (non-hydrogen) atoms. The van der Waals surface area contributed by atoms with E-state index in [-0.39, 0.29) is 17.4 Å². The second-order valence-electron chi connectivity index (χ2n) is 6.37. The van der Waals surface area contributed by atoms with Crippen LogP contribution in [-0.4, -0.2) is 40.5 Å². The molecule has 7 heteroatoms. The number of amides is 1. The van der Waals surface area contributed by atoms with Crippen LogP contribution >= 0.6 is 0 Å². The maximum atomic E-state index is 12.5. The molecule has 1 aromatic carbocycles. The predicted octanol–water partition coefficient (Wildman–Crippen LogP) is 1.30. The summed E-state index contributed by atoms with van der Waals surface area (Å²) in [5.41, 5.74) is -0.149. The van der Waals surface area contributed by atoms with Crippen molar-refractivity contribution in [3.8, 4) is 5.75 Å². The molecule has 0 aliphatic carbocycles. The van der Waals surface area contributed by atoms with Crippen LogP contribution in [0.1, 0.15) is 28.8 Å². The molecular formula is C18H21N3O4. The lowest BCUT2D eigenvalue weighted by Gasteiger charge is -2.32. The first-order valence-electron chi connectivity index (χ1n) is 8.33. The Morgan fingerprint density at radius 2 is 2.04 bits per heavy atom. The highest BCUT2D eigenvalue weighted by Crippen LogP contribution is 2.20. The summed E-state index contributed by atoms with van der Waals surface area (Å²) in [5.74, 6) is 0.657. The number of aryl methyl sites for hydroxylation is 1. The van der Waals surface area contributed by atoms with Crippen LogP contribution < -0.4 is 16.0 Å². The number of carbonyl (C=O) groups is 1. The van der Waals surface area contributed by atoms with Gasteiger partial charge in [0.2, 0.25) is 0 Å². The standard InChI is InChI=1S/C18H21N3O4/c1-12-4-6-14(7-5-12)25-11-13-3-2-8-21(10-13)17(23)15-9-19-18(24)20-16(15)22/h4-7,9,13H,2-3,8,10-11H2,1H3,(H2,19,20,22,24)/t13-/m1/s1. The summed E-state index contributed by atoms with van der Waals surface area (Å²) in [4.78, 5) is 41.5. The lowest BCUT2D eigenvalue weighted by Crippen LogP contribution is -2.44. The van der Waals surface area contributed by atoms with Gasteiger partial charge in [0.1, 0.15) is 11.3 Å². The molecule has 132 valence electrons. The normalized spacial score (nSPS) is 17.3. The van der Waals surface area contributed by atoms with Crippen molar-refractivity contribution in [2.75, 3.05) is 19.7 Å².